The van der Waals surface area contributed by atoms with E-state index in [1.807, 2.05) is 13.8 Å². The fourth-order valence-corrected chi connectivity index (χ4v) is 2.92. The standard InChI is InChI=1S/C18H17BrN4O5/c1-10-17(19)11(2)22(21-10)9-14-4-5-16(28-14)18(24)20-12-6-13(23(25)26)8-15(7-12)27-3/h4-8H,9H2,1-3H3,(H,20,24). The predicted molar refractivity (Wildman–Crippen MR) is 105 cm³/mol. The van der Waals surface area contributed by atoms with Crippen LogP contribution in [-0.2, 0) is 6.54 Å². The molecule has 0 saturated carbocycles. The van der Waals surface area contributed by atoms with Gasteiger partial charge in [0.1, 0.15) is 11.5 Å². The summed E-state index contributed by atoms with van der Waals surface area (Å²) < 4.78 is 13.3. The second-order valence-electron chi connectivity index (χ2n) is 6.04. The first-order valence-electron chi connectivity index (χ1n) is 8.21. The van der Waals surface area contributed by atoms with E-state index in [0.717, 1.165) is 15.9 Å². The SMILES string of the molecule is COc1cc(NC(=O)c2ccc(Cn3nc(C)c(Br)c3C)o2)cc([N+](=O)[O-])c1. The van der Waals surface area contributed by atoms with Gasteiger partial charge < -0.3 is 14.5 Å². The maximum Gasteiger partial charge on any atom is 0.291 e. The number of non-ortho nitro benzene ring substituents is 1. The highest BCUT2D eigenvalue weighted by atomic mass is 79.9. The number of carbonyl (C=O) groups is 1. The van der Waals surface area contributed by atoms with Gasteiger partial charge in [-0.05, 0) is 41.9 Å². The van der Waals surface area contributed by atoms with E-state index in [0.29, 0.717) is 12.3 Å². The molecule has 3 aromatic rings. The van der Waals surface area contributed by atoms with Crippen LogP contribution >= 0.6 is 15.9 Å². The minimum absolute atomic E-state index is 0.0843. The van der Waals surface area contributed by atoms with Crippen molar-refractivity contribution in [3.8, 4) is 5.75 Å². The van der Waals surface area contributed by atoms with E-state index in [2.05, 4.69) is 26.3 Å². The van der Waals surface area contributed by atoms with Gasteiger partial charge in [-0.25, -0.2) is 0 Å². The van der Waals surface area contributed by atoms with E-state index in [9.17, 15) is 14.9 Å². The number of nitro groups is 1. The monoisotopic (exact) mass is 448 g/mol. The number of halogens is 1. The molecule has 0 aliphatic heterocycles. The number of nitrogens with one attached hydrogen (secondary N) is 1. The summed E-state index contributed by atoms with van der Waals surface area (Å²) in [6.45, 7) is 4.19. The van der Waals surface area contributed by atoms with E-state index in [1.165, 1.54) is 25.3 Å². The average Bonchev–Trinajstić information content (AvgIpc) is 3.22. The van der Waals surface area contributed by atoms with Gasteiger partial charge in [0.25, 0.3) is 11.6 Å². The Bertz CT molecular complexity index is 1060. The maximum atomic E-state index is 12.4. The van der Waals surface area contributed by atoms with Crippen LogP contribution in [0.2, 0.25) is 0 Å². The summed E-state index contributed by atoms with van der Waals surface area (Å²) in [5, 5.41) is 18.0. The zero-order chi connectivity index (χ0) is 20.4. The molecule has 0 bridgehead atoms. The van der Waals surface area contributed by atoms with Crippen molar-refractivity contribution < 1.29 is 18.9 Å². The van der Waals surface area contributed by atoms with E-state index in [-0.39, 0.29) is 22.9 Å². The molecule has 0 unspecified atom stereocenters. The molecule has 0 fully saturated rings. The Kier molecular flexibility index (Phi) is 5.50. The average molecular weight is 449 g/mol. The molecule has 0 radical (unpaired) electrons. The summed E-state index contributed by atoms with van der Waals surface area (Å²) in [5.74, 6) is 0.379. The van der Waals surface area contributed by atoms with E-state index >= 15 is 0 Å². The molecule has 0 aliphatic rings. The zero-order valence-electron chi connectivity index (χ0n) is 15.4. The van der Waals surface area contributed by atoms with Gasteiger partial charge in [-0.1, -0.05) is 0 Å². The summed E-state index contributed by atoms with van der Waals surface area (Å²) in [4.78, 5) is 22.9. The number of aryl methyl sites for hydroxylation is 1. The van der Waals surface area contributed by atoms with Crippen LogP contribution in [0.4, 0.5) is 11.4 Å². The molecule has 0 spiro atoms. The first-order chi connectivity index (χ1) is 13.3. The van der Waals surface area contributed by atoms with Crippen molar-refractivity contribution in [2.75, 3.05) is 12.4 Å². The third-order valence-electron chi connectivity index (χ3n) is 4.08. The van der Waals surface area contributed by atoms with E-state index in [4.69, 9.17) is 9.15 Å². The second-order valence-corrected chi connectivity index (χ2v) is 6.83. The Balaban J connectivity index is 1.76. The zero-order valence-corrected chi connectivity index (χ0v) is 16.9. The summed E-state index contributed by atoms with van der Waals surface area (Å²) >= 11 is 3.47. The Morgan fingerprint density at radius 2 is 2.11 bits per heavy atom. The van der Waals surface area contributed by atoms with Gasteiger partial charge in [-0.15, -0.1) is 0 Å². The van der Waals surface area contributed by atoms with Crippen molar-refractivity contribution in [2.45, 2.75) is 20.4 Å². The van der Waals surface area contributed by atoms with Crippen molar-refractivity contribution >= 4 is 33.2 Å². The molecular weight excluding hydrogens is 432 g/mol. The summed E-state index contributed by atoms with van der Waals surface area (Å²) in [6, 6.07) is 7.24. The molecule has 2 aromatic heterocycles. The van der Waals surface area contributed by atoms with E-state index in [1.54, 1.807) is 16.8 Å². The van der Waals surface area contributed by atoms with Gasteiger partial charge >= 0.3 is 0 Å². The third-order valence-corrected chi connectivity index (χ3v) is 5.23. The molecule has 0 aliphatic carbocycles. The van der Waals surface area contributed by atoms with Crippen LogP contribution < -0.4 is 10.1 Å². The quantitative estimate of drug-likeness (QED) is 0.449. The summed E-state index contributed by atoms with van der Waals surface area (Å²) in [7, 11) is 1.39. The number of benzene rings is 1. The number of hydrogen-bond acceptors (Lipinski definition) is 6. The number of methoxy groups -OCH3 is 1. The lowest BCUT2D eigenvalue weighted by Crippen LogP contribution is -2.11. The van der Waals surface area contributed by atoms with Gasteiger partial charge in [0.2, 0.25) is 0 Å². The molecule has 146 valence electrons. The molecule has 0 atom stereocenters. The highest BCUT2D eigenvalue weighted by Gasteiger charge is 2.16. The number of anilines is 1. The van der Waals surface area contributed by atoms with Crippen molar-refractivity contribution in [3.63, 3.8) is 0 Å². The molecule has 1 amide bonds. The molecule has 28 heavy (non-hydrogen) atoms. The van der Waals surface area contributed by atoms with E-state index < -0.39 is 10.8 Å². The molecule has 0 saturated heterocycles. The van der Waals surface area contributed by atoms with Gasteiger partial charge in [-0.2, -0.15) is 5.10 Å². The Morgan fingerprint density at radius 3 is 2.71 bits per heavy atom. The van der Waals surface area contributed by atoms with Crippen molar-refractivity contribution in [3.05, 3.63) is 67.8 Å². The predicted octanol–water partition coefficient (Wildman–Crippen LogP) is 4.07. The number of amides is 1. The maximum absolute atomic E-state index is 12.4. The minimum atomic E-state index is -0.560. The number of nitrogens with zero attached hydrogens (tertiary/aromatic N) is 3. The van der Waals surface area contributed by atoms with Crippen LogP contribution in [0.25, 0.3) is 0 Å². The van der Waals surface area contributed by atoms with Gasteiger partial charge in [0.15, 0.2) is 5.76 Å². The highest BCUT2D eigenvalue weighted by molar-refractivity contribution is 9.10. The fourth-order valence-electron chi connectivity index (χ4n) is 2.63. The van der Waals surface area contributed by atoms with Crippen molar-refractivity contribution in [2.24, 2.45) is 0 Å². The number of nitro benzene ring substituents is 1. The normalized spacial score (nSPS) is 10.7. The number of aromatic nitrogens is 2. The van der Waals surface area contributed by atoms with Gasteiger partial charge in [0.05, 0.1) is 46.2 Å². The van der Waals surface area contributed by atoms with Crippen LogP contribution in [0.5, 0.6) is 5.75 Å². The number of hydrogen-bond donors (Lipinski definition) is 1. The highest BCUT2D eigenvalue weighted by Crippen LogP contribution is 2.26. The topological polar surface area (TPSA) is 112 Å². The number of furan rings is 1. The Hall–Kier alpha value is -3.14. The number of carbonyl (C=O) groups excluding carboxylic acids is 1. The van der Waals surface area contributed by atoms with Gasteiger partial charge in [-0.3, -0.25) is 19.6 Å². The second kappa shape index (κ2) is 7.85. The lowest BCUT2D eigenvalue weighted by atomic mass is 10.2. The third kappa shape index (κ3) is 4.06. The number of ether oxygens (including phenoxy) is 1. The molecular formula is C18H17BrN4O5. The molecule has 2 heterocycles. The Morgan fingerprint density at radius 1 is 1.36 bits per heavy atom. The summed E-state index contributed by atoms with van der Waals surface area (Å²) in [6.07, 6.45) is 0. The number of rotatable bonds is 6. The van der Waals surface area contributed by atoms with Crippen LogP contribution in [0.15, 0.2) is 39.2 Å². The molecule has 9 nitrogen and oxygen atoms in total. The van der Waals surface area contributed by atoms with Crippen LogP contribution in [0, 0.1) is 24.0 Å². The van der Waals surface area contributed by atoms with Crippen LogP contribution in [0.1, 0.15) is 27.7 Å². The largest absolute Gasteiger partial charge is 0.496 e. The van der Waals surface area contributed by atoms with Gasteiger partial charge in [0, 0.05) is 12.1 Å². The smallest absolute Gasteiger partial charge is 0.291 e. The molecule has 1 aromatic carbocycles. The van der Waals surface area contributed by atoms with Crippen LogP contribution in [-0.4, -0.2) is 27.7 Å². The minimum Gasteiger partial charge on any atom is -0.496 e. The first-order valence-corrected chi connectivity index (χ1v) is 9.01. The van der Waals surface area contributed by atoms with Crippen molar-refractivity contribution in [1.82, 2.24) is 9.78 Å². The molecule has 10 heteroatoms. The van der Waals surface area contributed by atoms with Crippen molar-refractivity contribution in [1.29, 1.82) is 0 Å². The Labute approximate surface area is 168 Å². The fraction of sp³-hybridized carbons (Fsp3) is 0.222. The molecule has 1 N–H and O–H groups in total. The van der Waals surface area contributed by atoms with Crippen LogP contribution in [0.3, 0.4) is 0 Å². The molecule has 3 rings (SSSR count). The first kappa shape index (κ1) is 19.6. The summed E-state index contributed by atoms with van der Waals surface area (Å²) in [5.41, 5.74) is 1.85. The lowest BCUT2D eigenvalue weighted by molar-refractivity contribution is -0.384. The lowest BCUT2D eigenvalue weighted by Gasteiger charge is -2.06.